The minimum Gasteiger partial charge on any atom is -0.465 e. The molecule has 1 atom stereocenters. The Bertz CT molecular complexity index is 993. The number of para-hydroxylation sites is 1. The highest BCUT2D eigenvalue weighted by atomic mass is 16.6. The van der Waals surface area contributed by atoms with Crippen molar-refractivity contribution in [2.45, 2.75) is 13.2 Å². The monoisotopic (exact) mass is 330 g/mol. The second-order valence-electron chi connectivity index (χ2n) is 5.84. The van der Waals surface area contributed by atoms with E-state index in [1.165, 1.54) is 0 Å². The van der Waals surface area contributed by atoms with Crippen LogP contribution in [0.25, 0.3) is 28.1 Å². The first-order valence-corrected chi connectivity index (χ1v) is 8.20. The van der Waals surface area contributed by atoms with Gasteiger partial charge in [0.2, 0.25) is 0 Å². The molecule has 1 unspecified atom stereocenters. The average molecular weight is 330 g/mol. The first-order valence-electron chi connectivity index (χ1n) is 8.20. The van der Waals surface area contributed by atoms with Crippen molar-refractivity contribution in [3.8, 4) is 22.8 Å². The van der Waals surface area contributed by atoms with E-state index in [4.69, 9.17) is 9.72 Å². The molecule has 1 aromatic heterocycles. The molecule has 0 aliphatic carbocycles. The molecule has 4 rings (SSSR count). The van der Waals surface area contributed by atoms with Crippen molar-refractivity contribution >= 4 is 11.0 Å². The van der Waals surface area contributed by atoms with Crippen molar-refractivity contribution in [3.63, 3.8) is 0 Å². The van der Waals surface area contributed by atoms with Crippen LogP contribution < -0.4 is 4.74 Å². The van der Waals surface area contributed by atoms with Gasteiger partial charge in [0.05, 0.1) is 11.0 Å². The number of aliphatic hydroxyl groups excluding tert-OH is 1. The first kappa shape index (κ1) is 15.4. The standard InChI is InChI=1S/C21H18N2O2/c1-15(24)25-18-12-13-19-20(14-18)23(17-10-6-3-7-11-17)21(22-19)16-8-4-2-5-9-16/h2-15,24H,1H3. The number of aliphatic hydroxyl groups is 1. The number of imidazole rings is 1. The van der Waals surface area contributed by atoms with Gasteiger partial charge >= 0.3 is 0 Å². The summed E-state index contributed by atoms with van der Waals surface area (Å²) >= 11 is 0. The van der Waals surface area contributed by atoms with Crippen molar-refractivity contribution in [2.75, 3.05) is 0 Å². The largest absolute Gasteiger partial charge is 0.465 e. The van der Waals surface area contributed by atoms with Crippen LogP contribution in [0.5, 0.6) is 5.75 Å². The molecule has 124 valence electrons. The summed E-state index contributed by atoms with van der Waals surface area (Å²) in [6, 6.07) is 25.9. The topological polar surface area (TPSA) is 47.3 Å². The third-order valence-corrected chi connectivity index (χ3v) is 3.98. The summed E-state index contributed by atoms with van der Waals surface area (Å²) in [5, 5.41) is 9.50. The predicted molar refractivity (Wildman–Crippen MR) is 98.8 cm³/mol. The molecule has 4 heteroatoms. The van der Waals surface area contributed by atoms with Crippen LogP contribution in [-0.2, 0) is 0 Å². The second-order valence-corrected chi connectivity index (χ2v) is 5.84. The van der Waals surface area contributed by atoms with Gasteiger partial charge in [-0.25, -0.2) is 4.98 Å². The van der Waals surface area contributed by atoms with Gasteiger partial charge in [0.25, 0.3) is 0 Å². The van der Waals surface area contributed by atoms with Crippen molar-refractivity contribution in [3.05, 3.63) is 78.9 Å². The SMILES string of the molecule is CC(O)Oc1ccc2nc(-c3ccccc3)n(-c3ccccc3)c2c1. The van der Waals surface area contributed by atoms with Crippen LogP contribution in [0.15, 0.2) is 78.9 Å². The highest BCUT2D eigenvalue weighted by molar-refractivity contribution is 5.84. The maximum absolute atomic E-state index is 9.50. The molecule has 0 amide bonds. The van der Waals surface area contributed by atoms with Crippen molar-refractivity contribution in [1.82, 2.24) is 9.55 Å². The number of hydrogen-bond donors (Lipinski definition) is 1. The van der Waals surface area contributed by atoms with Gasteiger partial charge in [-0.3, -0.25) is 4.57 Å². The van der Waals surface area contributed by atoms with Crippen LogP contribution in [0.4, 0.5) is 0 Å². The molecule has 0 saturated carbocycles. The van der Waals surface area contributed by atoms with E-state index in [0.29, 0.717) is 5.75 Å². The Morgan fingerprint density at radius 2 is 1.60 bits per heavy atom. The zero-order valence-corrected chi connectivity index (χ0v) is 13.8. The molecule has 0 spiro atoms. The molecule has 0 fully saturated rings. The van der Waals surface area contributed by atoms with E-state index in [2.05, 4.69) is 16.7 Å². The summed E-state index contributed by atoms with van der Waals surface area (Å²) in [5.74, 6) is 1.48. The molecule has 0 aliphatic rings. The van der Waals surface area contributed by atoms with Crippen molar-refractivity contribution in [1.29, 1.82) is 0 Å². The summed E-state index contributed by atoms with van der Waals surface area (Å²) < 4.78 is 7.55. The molecule has 0 bridgehead atoms. The number of benzene rings is 3. The van der Waals surface area contributed by atoms with Crippen molar-refractivity contribution in [2.24, 2.45) is 0 Å². The lowest BCUT2D eigenvalue weighted by Gasteiger charge is -2.11. The predicted octanol–water partition coefficient (Wildman–Crippen LogP) is 4.41. The Labute approximate surface area is 146 Å². The van der Waals surface area contributed by atoms with Crippen LogP contribution in [0.3, 0.4) is 0 Å². The minimum atomic E-state index is -0.862. The Morgan fingerprint density at radius 3 is 2.28 bits per heavy atom. The van der Waals surface area contributed by atoms with E-state index in [9.17, 15) is 5.11 Å². The van der Waals surface area contributed by atoms with Gasteiger partial charge in [-0.1, -0.05) is 48.5 Å². The summed E-state index contributed by atoms with van der Waals surface area (Å²) in [6.07, 6.45) is -0.862. The lowest BCUT2D eigenvalue weighted by molar-refractivity contribution is -0.000197. The molecule has 4 nitrogen and oxygen atoms in total. The first-order chi connectivity index (χ1) is 12.2. The molecule has 0 radical (unpaired) electrons. The maximum atomic E-state index is 9.50. The zero-order valence-electron chi connectivity index (χ0n) is 13.8. The third kappa shape index (κ3) is 2.99. The summed E-state index contributed by atoms with van der Waals surface area (Å²) in [7, 11) is 0. The molecule has 0 aliphatic heterocycles. The van der Waals surface area contributed by atoms with Crippen molar-refractivity contribution < 1.29 is 9.84 Å². The zero-order chi connectivity index (χ0) is 17.2. The Hall–Kier alpha value is -3.11. The molecule has 4 aromatic rings. The number of rotatable bonds is 4. The van der Waals surface area contributed by atoms with Gasteiger partial charge < -0.3 is 9.84 Å². The van der Waals surface area contributed by atoms with E-state index < -0.39 is 6.29 Å². The number of nitrogens with zero attached hydrogens (tertiary/aromatic N) is 2. The van der Waals surface area contributed by atoms with E-state index >= 15 is 0 Å². The van der Waals surface area contributed by atoms with Gasteiger partial charge in [0, 0.05) is 17.3 Å². The lowest BCUT2D eigenvalue weighted by Crippen LogP contribution is -2.09. The summed E-state index contributed by atoms with van der Waals surface area (Å²) in [5.41, 5.74) is 3.88. The van der Waals surface area contributed by atoms with Gasteiger partial charge in [-0.15, -0.1) is 0 Å². The average Bonchev–Trinajstić information content (AvgIpc) is 3.01. The fourth-order valence-corrected chi connectivity index (χ4v) is 2.94. The molecular weight excluding hydrogens is 312 g/mol. The van der Waals surface area contributed by atoms with Gasteiger partial charge in [-0.2, -0.15) is 0 Å². The lowest BCUT2D eigenvalue weighted by atomic mass is 10.2. The van der Waals surface area contributed by atoms with E-state index in [0.717, 1.165) is 28.1 Å². The number of ether oxygens (including phenoxy) is 1. The summed E-state index contributed by atoms with van der Waals surface area (Å²) in [4.78, 5) is 4.82. The second kappa shape index (κ2) is 6.42. The van der Waals surface area contributed by atoms with Gasteiger partial charge in [0.15, 0.2) is 6.29 Å². The minimum absolute atomic E-state index is 0.610. The number of hydrogen-bond acceptors (Lipinski definition) is 3. The fraction of sp³-hybridized carbons (Fsp3) is 0.0952. The van der Waals surface area contributed by atoms with Crippen LogP contribution in [0.1, 0.15) is 6.92 Å². The molecule has 0 saturated heterocycles. The number of aromatic nitrogens is 2. The Balaban J connectivity index is 1.98. The van der Waals surface area contributed by atoms with E-state index in [-0.39, 0.29) is 0 Å². The van der Waals surface area contributed by atoms with Gasteiger partial charge in [-0.05, 0) is 31.2 Å². The Kier molecular flexibility index (Phi) is 3.96. The van der Waals surface area contributed by atoms with Crippen LogP contribution in [0, 0.1) is 0 Å². The maximum Gasteiger partial charge on any atom is 0.194 e. The number of fused-ring (bicyclic) bond motifs is 1. The molecule has 1 heterocycles. The Morgan fingerprint density at radius 1 is 0.920 bits per heavy atom. The highest BCUT2D eigenvalue weighted by Crippen LogP contribution is 2.30. The molecule has 3 aromatic carbocycles. The van der Waals surface area contributed by atoms with E-state index in [1.54, 1.807) is 6.92 Å². The van der Waals surface area contributed by atoms with Crippen LogP contribution in [0.2, 0.25) is 0 Å². The molecule has 25 heavy (non-hydrogen) atoms. The highest BCUT2D eigenvalue weighted by Gasteiger charge is 2.15. The third-order valence-electron chi connectivity index (χ3n) is 3.98. The van der Waals surface area contributed by atoms with Gasteiger partial charge in [0.1, 0.15) is 11.6 Å². The molecular formula is C21H18N2O2. The quantitative estimate of drug-likeness (QED) is 0.564. The normalized spacial score (nSPS) is 12.2. The summed E-state index contributed by atoms with van der Waals surface area (Å²) in [6.45, 7) is 1.59. The van der Waals surface area contributed by atoms with E-state index in [1.807, 2.05) is 66.7 Å². The fourth-order valence-electron chi connectivity index (χ4n) is 2.94. The van der Waals surface area contributed by atoms with Crippen LogP contribution >= 0.6 is 0 Å². The molecule has 1 N–H and O–H groups in total. The smallest absolute Gasteiger partial charge is 0.194 e. The van der Waals surface area contributed by atoms with Crippen LogP contribution in [-0.4, -0.2) is 20.9 Å².